The third kappa shape index (κ3) is 1.31. The summed E-state index contributed by atoms with van der Waals surface area (Å²) in [6.07, 6.45) is 0. The highest BCUT2D eigenvalue weighted by Gasteiger charge is 2.14. The van der Waals surface area contributed by atoms with Gasteiger partial charge in [-0.1, -0.05) is 42.5 Å². The number of hydrogen-bond donors (Lipinski definition) is 1. The van der Waals surface area contributed by atoms with E-state index >= 15 is 0 Å². The smallest absolute Gasteiger partial charge is 0.336 e. The van der Waals surface area contributed by atoms with Crippen molar-refractivity contribution < 1.29 is 9.90 Å². The Bertz CT molecular complexity index is 983. The summed E-state index contributed by atoms with van der Waals surface area (Å²) in [5.74, 6) is -0.875. The largest absolute Gasteiger partial charge is 0.478 e. The second-order valence-corrected chi connectivity index (χ2v) is 5.22. The van der Waals surface area contributed by atoms with Crippen LogP contribution in [-0.2, 0) is 0 Å². The molecule has 0 aliphatic heterocycles. The van der Waals surface area contributed by atoms with Crippen LogP contribution in [0.4, 0.5) is 0 Å². The first-order valence-corrected chi connectivity index (χ1v) is 6.57. The van der Waals surface area contributed by atoms with E-state index in [1.54, 1.807) is 6.07 Å². The average molecular weight is 260 g/mol. The van der Waals surface area contributed by atoms with Gasteiger partial charge in [-0.2, -0.15) is 0 Å². The fourth-order valence-corrected chi connectivity index (χ4v) is 3.13. The van der Waals surface area contributed by atoms with Crippen LogP contribution in [0.5, 0.6) is 0 Å². The van der Waals surface area contributed by atoms with E-state index in [1.165, 1.54) is 16.3 Å². The van der Waals surface area contributed by atoms with Gasteiger partial charge in [-0.25, -0.2) is 4.79 Å². The zero-order chi connectivity index (χ0) is 13.9. The lowest BCUT2D eigenvalue weighted by molar-refractivity contribution is 0.0699. The van der Waals surface area contributed by atoms with Gasteiger partial charge in [-0.3, -0.25) is 0 Å². The van der Waals surface area contributed by atoms with Crippen molar-refractivity contribution in [2.45, 2.75) is 6.92 Å². The molecule has 0 saturated carbocycles. The summed E-state index contributed by atoms with van der Waals surface area (Å²) < 4.78 is 0. The Balaban J connectivity index is 2.38. The summed E-state index contributed by atoms with van der Waals surface area (Å²) in [4.78, 5) is 11.4. The van der Waals surface area contributed by atoms with Gasteiger partial charge in [0.2, 0.25) is 0 Å². The third-order valence-corrected chi connectivity index (χ3v) is 4.11. The minimum Gasteiger partial charge on any atom is -0.478 e. The van der Waals surface area contributed by atoms with Gasteiger partial charge < -0.3 is 5.11 Å². The molecule has 1 N–H and O–H groups in total. The fraction of sp³-hybridized carbons (Fsp3) is 0.0556. The molecular formula is C18H12O2. The minimum absolute atomic E-state index is 0.369. The molecule has 2 nitrogen and oxygen atoms in total. The molecule has 96 valence electrons. The second kappa shape index (κ2) is 3.70. The molecule has 0 spiro atoms. The van der Waals surface area contributed by atoms with Crippen LogP contribution in [0.25, 0.3) is 32.3 Å². The average Bonchev–Trinajstić information content (AvgIpc) is 2.46. The SMILES string of the molecule is Cc1ccc2ccc3c(C(=O)O)ccc4ccc1c2c43. The Kier molecular flexibility index (Phi) is 2.08. The van der Waals surface area contributed by atoms with Gasteiger partial charge in [0.05, 0.1) is 5.56 Å². The van der Waals surface area contributed by atoms with Crippen LogP contribution < -0.4 is 0 Å². The highest BCUT2D eigenvalue weighted by molar-refractivity contribution is 6.26. The van der Waals surface area contributed by atoms with Gasteiger partial charge in [0.25, 0.3) is 0 Å². The molecule has 4 aromatic rings. The van der Waals surface area contributed by atoms with Crippen LogP contribution in [0.1, 0.15) is 15.9 Å². The summed E-state index contributed by atoms with van der Waals surface area (Å²) in [5.41, 5.74) is 1.58. The third-order valence-electron chi connectivity index (χ3n) is 4.11. The van der Waals surface area contributed by atoms with Crippen molar-refractivity contribution in [1.29, 1.82) is 0 Å². The van der Waals surface area contributed by atoms with E-state index in [2.05, 4.69) is 31.2 Å². The molecule has 2 heteroatoms. The van der Waals surface area contributed by atoms with Gasteiger partial charge >= 0.3 is 5.97 Å². The van der Waals surface area contributed by atoms with Crippen LogP contribution in [0, 0.1) is 6.92 Å². The normalized spacial score (nSPS) is 11.7. The molecule has 0 aromatic heterocycles. The van der Waals surface area contributed by atoms with Crippen molar-refractivity contribution in [2.75, 3.05) is 0 Å². The molecule has 0 amide bonds. The van der Waals surface area contributed by atoms with Crippen molar-refractivity contribution in [3.63, 3.8) is 0 Å². The van der Waals surface area contributed by atoms with E-state index in [0.717, 1.165) is 21.5 Å². The number of carbonyl (C=O) groups is 1. The summed E-state index contributed by atoms with van der Waals surface area (Å²) >= 11 is 0. The number of aromatic carboxylic acids is 1. The van der Waals surface area contributed by atoms with Gasteiger partial charge in [-0.15, -0.1) is 0 Å². The van der Waals surface area contributed by atoms with Gasteiger partial charge in [-0.05, 0) is 50.9 Å². The van der Waals surface area contributed by atoms with Crippen LogP contribution in [0.3, 0.4) is 0 Å². The minimum atomic E-state index is -0.875. The van der Waals surface area contributed by atoms with Crippen molar-refractivity contribution in [3.05, 3.63) is 59.7 Å². The summed E-state index contributed by atoms with van der Waals surface area (Å²) in [6.45, 7) is 2.09. The maximum absolute atomic E-state index is 11.4. The van der Waals surface area contributed by atoms with Crippen LogP contribution in [0.2, 0.25) is 0 Å². The first-order valence-electron chi connectivity index (χ1n) is 6.57. The molecule has 0 unspecified atom stereocenters. The van der Waals surface area contributed by atoms with E-state index in [-0.39, 0.29) is 0 Å². The molecule has 0 fully saturated rings. The summed E-state index contributed by atoms with van der Waals surface area (Å²) in [6, 6.07) is 15.9. The standard InChI is InChI=1S/C18H12O2/c1-10-2-3-11-5-8-14-15(18(19)20)9-6-12-4-7-13(10)16(11)17(12)14/h2-9H,1H3,(H,19,20). The number of benzene rings is 4. The number of hydrogen-bond acceptors (Lipinski definition) is 1. The van der Waals surface area contributed by atoms with Crippen molar-refractivity contribution in [2.24, 2.45) is 0 Å². The lowest BCUT2D eigenvalue weighted by atomic mass is 9.90. The van der Waals surface area contributed by atoms with Crippen molar-refractivity contribution in [1.82, 2.24) is 0 Å². The Hall–Kier alpha value is -2.61. The van der Waals surface area contributed by atoms with Crippen LogP contribution in [0.15, 0.2) is 48.5 Å². The van der Waals surface area contributed by atoms with Gasteiger partial charge in [0.15, 0.2) is 0 Å². The maximum atomic E-state index is 11.4. The van der Waals surface area contributed by atoms with E-state index in [1.807, 2.05) is 18.2 Å². The molecular weight excluding hydrogens is 248 g/mol. The van der Waals surface area contributed by atoms with Crippen LogP contribution >= 0.6 is 0 Å². The zero-order valence-electron chi connectivity index (χ0n) is 11.0. The van der Waals surface area contributed by atoms with E-state index in [4.69, 9.17) is 0 Å². The molecule has 20 heavy (non-hydrogen) atoms. The molecule has 4 aromatic carbocycles. The predicted octanol–water partition coefficient (Wildman–Crippen LogP) is 4.59. The Morgan fingerprint density at radius 2 is 1.35 bits per heavy atom. The molecule has 0 aliphatic rings. The molecule has 0 aliphatic carbocycles. The van der Waals surface area contributed by atoms with Gasteiger partial charge in [0, 0.05) is 0 Å². The molecule has 0 radical (unpaired) electrons. The lowest BCUT2D eigenvalue weighted by Gasteiger charge is -2.13. The first kappa shape index (κ1) is 11.2. The number of carboxylic acid groups (broad SMARTS) is 1. The monoisotopic (exact) mass is 260 g/mol. The molecule has 0 atom stereocenters. The fourth-order valence-electron chi connectivity index (χ4n) is 3.13. The predicted molar refractivity (Wildman–Crippen MR) is 81.8 cm³/mol. The summed E-state index contributed by atoms with van der Waals surface area (Å²) in [7, 11) is 0. The molecule has 0 heterocycles. The first-order chi connectivity index (χ1) is 9.66. The Morgan fingerprint density at radius 1 is 0.800 bits per heavy atom. The molecule has 0 bridgehead atoms. The number of aryl methyl sites for hydroxylation is 1. The van der Waals surface area contributed by atoms with E-state index < -0.39 is 5.97 Å². The van der Waals surface area contributed by atoms with Crippen LogP contribution in [-0.4, -0.2) is 11.1 Å². The Morgan fingerprint density at radius 3 is 2.05 bits per heavy atom. The highest BCUT2D eigenvalue weighted by Crippen LogP contribution is 2.37. The van der Waals surface area contributed by atoms with E-state index in [9.17, 15) is 9.90 Å². The number of carboxylic acids is 1. The lowest BCUT2D eigenvalue weighted by Crippen LogP contribution is -1.98. The highest BCUT2D eigenvalue weighted by atomic mass is 16.4. The maximum Gasteiger partial charge on any atom is 0.336 e. The van der Waals surface area contributed by atoms with Crippen molar-refractivity contribution in [3.8, 4) is 0 Å². The topological polar surface area (TPSA) is 37.3 Å². The van der Waals surface area contributed by atoms with E-state index in [0.29, 0.717) is 5.56 Å². The molecule has 4 rings (SSSR count). The summed E-state index contributed by atoms with van der Waals surface area (Å²) in [5, 5.41) is 15.9. The Labute approximate surface area is 115 Å². The quantitative estimate of drug-likeness (QED) is 0.508. The molecule has 0 saturated heterocycles. The van der Waals surface area contributed by atoms with Gasteiger partial charge in [0.1, 0.15) is 0 Å². The zero-order valence-corrected chi connectivity index (χ0v) is 11.0. The number of rotatable bonds is 1. The van der Waals surface area contributed by atoms with Crippen molar-refractivity contribution >= 4 is 38.3 Å². The second-order valence-electron chi connectivity index (χ2n) is 5.22.